The van der Waals surface area contributed by atoms with Gasteiger partial charge in [0, 0.05) is 47.0 Å². The number of ether oxygens (including phenoxy) is 1. The first-order chi connectivity index (χ1) is 13.6. The van der Waals surface area contributed by atoms with Crippen molar-refractivity contribution in [1.82, 2.24) is 29.4 Å². The highest BCUT2D eigenvalue weighted by Crippen LogP contribution is 2.24. The van der Waals surface area contributed by atoms with Gasteiger partial charge in [-0.05, 0) is 19.4 Å². The molecule has 4 aromatic heterocycles. The van der Waals surface area contributed by atoms with Gasteiger partial charge in [-0.25, -0.2) is 19.2 Å². The average molecular weight is 380 g/mol. The zero-order valence-corrected chi connectivity index (χ0v) is 15.6. The van der Waals surface area contributed by atoms with E-state index in [1.807, 2.05) is 20.0 Å². The Morgan fingerprint density at radius 2 is 2.21 bits per heavy atom. The molecule has 4 aromatic rings. The molecule has 0 amide bonds. The summed E-state index contributed by atoms with van der Waals surface area (Å²) in [5, 5.41) is 16.2. The molecule has 0 aliphatic carbocycles. The number of H-pyrrole nitrogens is 1. The molecule has 0 saturated carbocycles. The Hall–Kier alpha value is -3.46. The summed E-state index contributed by atoms with van der Waals surface area (Å²) in [5.41, 5.74) is 3.49. The summed E-state index contributed by atoms with van der Waals surface area (Å²) in [7, 11) is 0. The number of aromatic amines is 1. The minimum absolute atomic E-state index is 0.0599. The van der Waals surface area contributed by atoms with Crippen molar-refractivity contribution in [3.05, 3.63) is 58.5 Å². The fourth-order valence-corrected chi connectivity index (χ4v) is 3.14. The lowest BCUT2D eigenvalue weighted by Crippen LogP contribution is -2.21. The van der Waals surface area contributed by atoms with Crippen LogP contribution in [0.15, 0.2) is 41.7 Å². The molecule has 0 saturated heterocycles. The van der Waals surface area contributed by atoms with Crippen LogP contribution in [0.1, 0.15) is 18.2 Å². The number of nitrogens with one attached hydrogen (secondary N) is 1. The summed E-state index contributed by atoms with van der Waals surface area (Å²) >= 11 is 0. The number of hydrogen-bond donors (Lipinski definition) is 2. The van der Waals surface area contributed by atoms with E-state index in [9.17, 15) is 4.79 Å². The molecule has 0 spiro atoms. The van der Waals surface area contributed by atoms with Crippen molar-refractivity contribution in [3.63, 3.8) is 0 Å². The van der Waals surface area contributed by atoms with Crippen LogP contribution in [0.4, 0.5) is 0 Å². The van der Waals surface area contributed by atoms with E-state index in [1.165, 1.54) is 4.52 Å². The quantitative estimate of drug-likeness (QED) is 0.525. The lowest BCUT2D eigenvalue weighted by molar-refractivity contribution is 0.201. The maximum absolute atomic E-state index is 12.6. The molecular weight excluding hydrogens is 360 g/mol. The molecule has 0 fully saturated rings. The number of aliphatic hydroxyl groups is 1. The second kappa shape index (κ2) is 7.28. The van der Waals surface area contributed by atoms with Gasteiger partial charge in [0.25, 0.3) is 5.56 Å². The van der Waals surface area contributed by atoms with Crippen molar-refractivity contribution in [2.75, 3.05) is 13.2 Å². The second-order valence-electron chi connectivity index (χ2n) is 6.28. The van der Waals surface area contributed by atoms with Gasteiger partial charge in [0.2, 0.25) is 0 Å². The Bertz CT molecular complexity index is 1190. The summed E-state index contributed by atoms with van der Waals surface area (Å²) in [4.78, 5) is 21.5. The van der Waals surface area contributed by atoms with Crippen LogP contribution in [0, 0.1) is 6.92 Å². The molecule has 0 bridgehead atoms. The molecule has 2 N–H and O–H groups in total. The van der Waals surface area contributed by atoms with Gasteiger partial charge in [-0.1, -0.05) is 6.92 Å². The first-order valence-corrected chi connectivity index (χ1v) is 8.97. The van der Waals surface area contributed by atoms with Crippen LogP contribution in [0.3, 0.4) is 0 Å². The van der Waals surface area contributed by atoms with Crippen molar-refractivity contribution in [1.29, 1.82) is 0 Å². The van der Waals surface area contributed by atoms with Crippen LogP contribution < -0.4 is 10.3 Å². The number of rotatable bonds is 6. The van der Waals surface area contributed by atoms with Crippen LogP contribution in [-0.4, -0.2) is 47.7 Å². The van der Waals surface area contributed by atoms with Crippen LogP contribution in [0.2, 0.25) is 0 Å². The highest BCUT2D eigenvalue weighted by molar-refractivity contribution is 5.76. The van der Waals surface area contributed by atoms with Crippen molar-refractivity contribution < 1.29 is 9.84 Å². The molecule has 144 valence electrons. The summed E-state index contributed by atoms with van der Waals surface area (Å²) in [6.07, 6.45) is 7.51. The first-order valence-electron chi connectivity index (χ1n) is 8.97. The predicted molar refractivity (Wildman–Crippen MR) is 103 cm³/mol. The number of nitrogens with zero attached hydrogens (tertiary/aromatic N) is 5. The van der Waals surface area contributed by atoms with Gasteiger partial charge in [-0.3, -0.25) is 9.89 Å². The highest BCUT2D eigenvalue weighted by Gasteiger charge is 2.15. The van der Waals surface area contributed by atoms with Crippen molar-refractivity contribution >= 4 is 5.65 Å². The van der Waals surface area contributed by atoms with E-state index in [0.717, 1.165) is 16.8 Å². The molecule has 0 aliphatic rings. The van der Waals surface area contributed by atoms with Crippen molar-refractivity contribution in [2.45, 2.75) is 20.3 Å². The van der Waals surface area contributed by atoms with Crippen LogP contribution in [-0.2, 0) is 6.42 Å². The fraction of sp³-hybridized carbons (Fsp3) is 0.263. The molecule has 0 atom stereocenters. The number of aliphatic hydroxyl groups excluding tert-OH is 1. The van der Waals surface area contributed by atoms with Crippen molar-refractivity contribution in [2.24, 2.45) is 0 Å². The average Bonchev–Trinajstić information content (AvgIpc) is 3.34. The van der Waals surface area contributed by atoms with Gasteiger partial charge in [0.15, 0.2) is 11.5 Å². The molecule has 9 nitrogen and oxygen atoms in total. The summed E-state index contributed by atoms with van der Waals surface area (Å²) in [6.45, 7) is 3.94. The third-order valence-corrected chi connectivity index (χ3v) is 4.52. The fourth-order valence-electron chi connectivity index (χ4n) is 3.14. The minimum Gasteiger partial charge on any atom is -0.491 e. The molecular formula is C19H20N6O3. The highest BCUT2D eigenvalue weighted by atomic mass is 16.5. The molecule has 0 unspecified atom stereocenters. The maximum Gasteiger partial charge on any atom is 0.276 e. The third-order valence-electron chi connectivity index (χ3n) is 4.52. The Morgan fingerprint density at radius 3 is 3.00 bits per heavy atom. The third kappa shape index (κ3) is 3.05. The van der Waals surface area contributed by atoms with Gasteiger partial charge < -0.3 is 9.84 Å². The number of fused-ring (bicyclic) bond motifs is 1. The zero-order valence-electron chi connectivity index (χ0n) is 15.6. The summed E-state index contributed by atoms with van der Waals surface area (Å²) in [5.74, 6) is 1.18. The van der Waals surface area contributed by atoms with E-state index in [-0.39, 0.29) is 18.8 Å². The van der Waals surface area contributed by atoms with E-state index in [4.69, 9.17) is 9.84 Å². The Balaban J connectivity index is 1.73. The molecule has 4 heterocycles. The van der Waals surface area contributed by atoms with E-state index in [2.05, 4.69) is 20.2 Å². The predicted octanol–water partition coefficient (Wildman–Crippen LogP) is 1.51. The lowest BCUT2D eigenvalue weighted by atomic mass is 10.1. The SMILES string of the molecule is CCc1c(C)nc2c(-c3cnn(-c4cc(OCCO)ccn4)c3)c[nH]n2c1=O. The minimum atomic E-state index is -0.0842. The van der Waals surface area contributed by atoms with Crippen LogP contribution >= 0.6 is 0 Å². The molecule has 9 heteroatoms. The van der Waals surface area contributed by atoms with Crippen LogP contribution in [0.5, 0.6) is 5.75 Å². The summed E-state index contributed by atoms with van der Waals surface area (Å²) < 4.78 is 8.50. The number of pyridine rings is 1. The zero-order chi connectivity index (χ0) is 19.7. The summed E-state index contributed by atoms with van der Waals surface area (Å²) in [6, 6.07) is 3.45. The van der Waals surface area contributed by atoms with Crippen LogP contribution in [0.25, 0.3) is 22.6 Å². The molecule has 0 aromatic carbocycles. The van der Waals surface area contributed by atoms with E-state index in [0.29, 0.717) is 29.2 Å². The second-order valence-corrected chi connectivity index (χ2v) is 6.28. The largest absolute Gasteiger partial charge is 0.491 e. The molecule has 0 aliphatic heterocycles. The Labute approximate surface area is 160 Å². The van der Waals surface area contributed by atoms with Gasteiger partial charge in [0.1, 0.15) is 12.4 Å². The number of hydrogen-bond acceptors (Lipinski definition) is 6. The van der Waals surface area contributed by atoms with Gasteiger partial charge in [-0.2, -0.15) is 5.10 Å². The Kier molecular flexibility index (Phi) is 4.66. The van der Waals surface area contributed by atoms with Gasteiger partial charge >= 0.3 is 0 Å². The topological polar surface area (TPSA) is 110 Å². The number of aryl methyl sites for hydroxylation is 1. The first kappa shape index (κ1) is 17.9. The monoisotopic (exact) mass is 380 g/mol. The van der Waals surface area contributed by atoms with E-state index in [1.54, 1.807) is 35.4 Å². The van der Waals surface area contributed by atoms with E-state index < -0.39 is 0 Å². The molecule has 0 radical (unpaired) electrons. The Morgan fingerprint density at radius 1 is 1.36 bits per heavy atom. The van der Waals surface area contributed by atoms with Gasteiger partial charge in [-0.15, -0.1) is 0 Å². The maximum atomic E-state index is 12.6. The number of aromatic nitrogens is 6. The molecule has 4 rings (SSSR count). The standard InChI is InChI=1S/C19H20N6O3/c1-3-15-12(2)23-18-16(10-22-25(18)19(15)27)13-9-21-24(11-13)17-8-14(4-5-20-17)28-7-6-26/h4-5,8-11,22,26H,3,6-7H2,1-2H3. The lowest BCUT2D eigenvalue weighted by Gasteiger charge is -2.05. The smallest absolute Gasteiger partial charge is 0.276 e. The van der Waals surface area contributed by atoms with Gasteiger partial charge in [0.05, 0.1) is 12.8 Å². The normalized spacial score (nSPS) is 11.2. The van der Waals surface area contributed by atoms with E-state index >= 15 is 0 Å². The molecule has 28 heavy (non-hydrogen) atoms. The van der Waals surface area contributed by atoms with Crippen molar-refractivity contribution in [3.8, 4) is 22.7 Å².